The molecule has 0 bridgehead atoms. The zero-order valence-electron chi connectivity index (χ0n) is 11.3. The molecule has 3 heteroatoms. The van der Waals surface area contributed by atoms with Crippen LogP contribution in [0.2, 0.25) is 0 Å². The molecule has 1 saturated heterocycles. The van der Waals surface area contributed by atoms with E-state index in [2.05, 4.69) is 40.2 Å². The van der Waals surface area contributed by atoms with Gasteiger partial charge < -0.3 is 15.1 Å². The van der Waals surface area contributed by atoms with Crippen LogP contribution >= 0.6 is 0 Å². The quantitative estimate of drug-likeness (QED) is 0.851. The Bertz CT molecular complexity index is 408. The lowest BCUT2D eigenvalue weighted by Gasteiger charge is -2.37. The SMILES string of the molecule is CCN1CCN(c2cccc3c2CNCC3)CC1. The van der Waals surface area contributed by atoms with Crippen molar-refractivity contribution in [2.45, 2.75) is 19.9 Å². The summed E-state index contributed by atoms with van der Waals surface area (Å²) in [6, 6.07) is 6.82. The Hall–Kier alpha value is -1.06. The first-order valence-electron chi connectivity index (χ1n) is 7.17. The summed E-state index contributed by atoms with van der Waals surface area (Å²) < 4.78 is 0. The van der Waals surface area contributed by atoms with Gasteiger partial charge in [0, 0.05) is 38.4 Å². The number of rotatable bonds is 2. The first kappa shape index (κ1) is 12.0. The van der Waals surface area contributed by atoms with Crippen LogP contribution in [0.3, 0.4) is 0 Å². The standard InChI is InChI=1S/C15H23N3/c1-2-17-8-10-18(11-9-17)15-5-3-4-13-6-7-16-12-14(13)15/h3-5,16H,2,6-12H2,1H3. The van der Waals surface area contributed by atoms with Crippen molar-refractivity contribution >= 4 is 5.69 Å². The van der Waals surface area contributed by atoms with E-state index < -0.39 is 0 Å². The Morgan fingerprint density at radius 1 is 1.17 bits per heavy atom. The highest BCUT2D eigenvalue weighted by molar-refractivity contribution is 5.58. The van der Waals surface area contributed by atoms with Crippen LogP contribution in [0.5, 0.6) is 0 Å². The van der Waals surface area contributed by atoms with Crippen LogP contribution in [0.15, 0.2) is 18.2 Å². The number of nitrogens with zero attached hydrogens (tertiary/aromatic N) is 2. The third-order valence-electron chi connectivity index (χ3n) is 4.28. The molecule has 1 fully saturated rings. The minimum absolute atomic E-state index is 1.04. The number of piperazine rings is 1. The van der Waals surface area contributed by atoms with E-state index in [1.807, 2.05) is 0 Å². The van der Waals surface area contributed by atoms with Crippen molar-refractivity contribution in [1.82, 2.24) is 10.2 Å². The Balaban J connectivity index is 1.80. The Morgan fingerprint density at radius 3 is 2.78 bits per heavy atom. The maximum absolute atomic E-state index is 3.50. The molecule has 2 aliphatic rings. The number of benzene rings is 1. The van der Waals surface area contributed by atoms with Gasteiger partial charge in [-0.25, -0.2) is 0 Å². The number of anilines is 1. The van der Waals surface area contributed by atoms with E-state index in [-0.39, 0.29) is 0 Å². The van der Waals surface area contributed by atoms with Crippen molar-refractivity contribution in [3.63, 3.8) is 0 Å². The predicted octanol–water partition coefficient (Wildman–Crippen LogP) is 1.47. The molecule has 1 aromatic carbocycles. The van der Waals surface area contributed by atoms with E-state index >= 15 is 0 Å². The highest BCUT2D eigenvalue weighted by atomic mass is 15.3. The summed E-state index contributed by atoms with van der Waals surface area (Å²) in [5.74, 6) is 0. The lowest BCUT2D eigenvalue weighted by atomic mass is 9.98. The van der Waals surface area contributed by atoms with Crippen LogP contribution in [-0.2, 0) is 13.0 Å². The first-order chi connectivity index (χ1) is 8.88. The Labute approximate surface area is 110 Å². The molecule has 0 radical (unpaired) electrons. The van der Waals surface area contributed by atoms with E-state index in [0.717, 1.165) is 13.1 Å². The molecule has 0 aliphatic carbocycles. The minimum atomic E-state index is 1.04. The van der Waals surface area contributed by atoms with Crippen LogP contribution in [0.25, 0.3) is 0 Å². The van der Waals surface area contributed by atoms with Gasteiger partial charge in [-0.3, -0.25) is 0 Å². The second kappa shape index (κ2) is 5.29. The van der Waals surface area contributed by atoms with Crippen molar-refractivity contribution < 1.29 is 0 Å². The molecule has 98 valence electrons. The number of hydrogen-bond donors (Lipinski definition) is 1. The summed E-state index contributed by atoms with van der Waals surface area (Å²) in [6.45, 7) is 10.3. The second-order valence-corrected chi connectivity index (χ2v) is 5.26. The van der Waals surface area contributed by atoms with E-state index in [4.69, 9.17) is 0 Å². The summed E-state index contributed by atoms with van der Waals surface area (Å²) in [7, 11) is 0. The number of likely N-dealkylation sites (N-methyl/N-ethyl adjacent to an activating group) is 1. The topological polar surface area (TPSA) is 18.5 Å². The van der Waals surface area contributed by atoms with Gasteiger partial charge in [-0.05, 0) is 36.7 Å². The smallest absolute Gasteiger partial charge is 0.0415 e. The monoisotopic (exact) mass is 245 g/mol. The van der Waals surface area contributed by atoms with Crippen molar-refractivity contribution in [3.05, 3.63) is 29.3 Å². The fourth-order valence-corrected chi connectivity index (χ4v) is 3.10. The lowest BCUT2D eigenvalue weighted by Crippen LogP contribution is -2.46. The summed E-state index contributed by atoms with van der Waals surface area (Å²) in [5, 5.41) is 3.50. The van der Waals surface area contributed by atoms with Crippen LogP contribution in [0, 0.1) is 0 Å². The average molecular weight is 245 g/mol. The molecule has 0 unspecified atom stereocenters. The molecule has 2 aliphatic heterocycles. The third-order valence-corrected chi connectivity index (χ3v) is 4.28. The van der Waals surface area contributed by atoms with Gasteiger partial charge in [-0.1, -0.05) is 19.1 Å². The molecule has 18 heavy (non-hydrogen) atoms. The molecule has 0 atom stereocenters. The largest absolute Gasteiger partial charge is 0.369 e. The number of fused-ring (bicyclic) bond motifs is 1. The van der Waals surface area contributed by atoms with E-state index in [1.54, 1.807) is 5.56 Å². The molecule has 3 nitrogen and oxygen atoms in total. The van der Waals surface area contributed by atoms with Gasteiger partial charge in [-0.2, -0.15) is 0 Å². The summed E-state index contributed by atoms with van der Waals surface area (Å²) in [6.07, 6.45) is 1.18. The fraction of sp³-hybridized carbons (Fsp3) is 0.600. The van der Waals surface area contributed by atoms with Gasteiger partial charge in [0.2, 0.25) is 0 Å². The van der Waals surface area contributed by atoms with Crippen molar-refractivity contribution in [3.8, 4) is 0 Å². The van der Waals surface area contributed by atoms with Gasteiger partial charge >= 0.3 is 0 Å². The highest BCUT2D eigenvalue weighted by Crippen LogP contribution is 2.27. The normalized spacial score (nSPS) is 20.8. The van der Waals surface area contributed by atoms with E-state index in [1.165, 1.54) is 50.4 Å². The first-order valence-corrected chi connectivity index (χ1v) is 7.17. The molecule has 0 saturated carbocycles. The molecule has 1 N–H and O–H groups in total. The molecule has 3 rings (SSSR count). The summed E-state index contributed by atoms with van der Waals surface area (Å²) in [4.78, 5) is 5.10. The molecular formula is C15H23N3. The lowest BCUT2D eigenvalue weighted by molar-refractivity contribution is 0.271. The molecule has 0 aromatic heterocycles. The van der Waals surface area contributed by atoms with Crippen molar-refractivity contribution in [2.24, 2.45) is 0 Å². The van der Waals surface area contributed by atoms with Crippen LogP contribution in [-0.4, -0.2) is 44.2 Å². The second-order valence-electron chi connectivity index (χ2n) is 5.26. The third kappa shape index (κ3) is 2.25. The molecule has 0 amide bonds. The van der Waals surface area contributed by atoms with E-state index in [9.17, 15) is 0 Å². The number of hydrogen-bond acceptors (Lipinski definition) is 3. The average Bonchev–Trinajstić information content (AvgIpc) is 2.47. The Kier molecular flexibility index (Phi) is 3.52. The van der Waals surface area contributed by atoms with Crippen molar-refractivity contribution in [1.29, 1.82) is 0 Å². The van der Waals surface area contributed by atoms with Crippen molar-refractivity contribution in [2.75, 3.05) is 44.2 Å². The minimum Gasteiger partial charge on any atom is -0.369 e. The molecular weight excluding hydrogens is 222 g/mol. The molecule has 1 aromatic rings. The van der Waals surface area contributed by atoms with Gasteiger partial charge in [0.1, 0.15) is 0 Å². The molecule has 2 heterocycles. The fourth-order valence-electron chi connectivity index (χ4n) is 3.10. The summed E-state index contributed by atoms with van der Waals surface area (Å²) in [5.41, 5.74) is 4.55. The van der Waals surface area contributed by atoms with Gasteiger partial charge in [0.15, 0.2) is 0 Å². The maximum Gasteiger partial charge on any atom is 0.0415 e. The van der Waals surface area contributed by atoms with Gasteiger partial charge in [-0.15, -0.1) is 0 Å². The van der Waals surface area contributed by atoms with E-state index in [0.29, 0.717) is 0 Å². The Morgan fingerprint density at radius 2 is 2.00 bits per heavy atom. The van der Waals surface area contributed by atoms with Crippen LogP contribution in [0.4, 0.5) is 5.69 Å². The van der Waals surface area contributed by atoms with Crippen LogP contribution in [0.1, 0.15) is 18.1 Å². The predicted molar refractivity (Wildman–Crippen MR) is 76.2 cm³/mol. The maximum atomic E-state index is 3.50. The van der Waals surface area contributed by atoms with Gasteiger partial charge in [0.25, 0.3) is 0 Å². The molecule has 0 spiro atoms. The van der Waals surface area contributed by atoms with Crippen LogP contribution < -0.4 is 10.2 Å². The zero-order chi connectivity index (χ0) is 12.4. The van der Waals surface area contributed by atoms with Gasteiger partial charge in [0.05, 0.1) is 0 Å². The zero-order valence-corrected chi connectivity index (χ0v) is 11.3. The number of nitrogens with one attached hydrogen (secondary N) is 1. The summed E-state index contributed by atoms with van der Waals surface area (Å²) >= 11 is 0. The highest BCUT2D eigenvalue weighted by Gasteiger charge is 2.20.